The van der Waals surface area contributed by atoms with Crippen molar-refractivity contribution in [1.29, 1.82) is 0 Å². The lowest BCUT2D eigenvalue weighted by Crippen LogP contribution is -2.47. The van der Waals surface area contributed by atoms with Crippen molar-refractivity contribution in [3.05, 3.63) is 51.6 Å². The Labute approximate surface area is 139 Å². The number of halogens is 3. The highest BCUT2D eigenvalue weighted by molar-refractivity contribution is 6.35. The van der Waals surface area contributed by atoms with Crippen LogP contribution >= 0.6 is 34.8 Å². The van der Waals surface area contributed by atoms with Gasteiger partial charge in [-0.3, -0.25) is 0 Å². The molecule has 1 aromatic carbocycles. The van der Waals surface area contributed by atoms with Gasteiger partial charge in [0, 0.05) is 37.4 Å². The Balaban J connectivity index is 1.73. The van der Waals surface area contributed by atoms with Crippen LogP contribution in [0.15, 0.2) is 36.5 Å². The van der Waals surface area contributed by atoms with Crippen molar-refractivity contribution in [1.82, 2.24) is 4.98 Å². The van der Waals surface area contributed by atoms with Gasteiger partial charge < -0.3 is 9.80 Å². The van der Waals surface area contributed by atoms with Crippen molar-refractivity contribution in [2.75, 3.05) is 36.0 Å². The number of aromatic nitrogens is 1. The van der Waals surface area contributed by atoms with Crippen molar-refractivity contribution in [2.24, 2.45) is 0 Å². The van der Waals surface area contributed by atoms with E-state index in [4.69, 9.17) is 34.8 Å². The van der Waals surface area contributed by atoms with Gasteiger partial charge in [0.25, 0.3) is 0 Å². The molecule has 1 aliphatic rings. The fourth-order valence-corrected chi connectivity index (χ4v) is 3.14. The van der Waals surface area contributed by atoms with Crippen LogP contribution in [0.1, 0.15) is 0 Å². The molecule has 6 heteroatoms. The topological polar surface area (TPSA) is 19.4 Å². The second-order valence-corrected chi connectivity index (χ2v) is 6.13. The SMILES string of the molecule is Clc1ccc(Cl)c(N2CCN(c3ncccc3Cl)CC2)c1. The highest BCUT2D eigenvalue weighted by atomic mass is 35.5. The first-order valence-electron chi connectivity index (χ1n) is 6.70. The molecule has 0 unspecified atom stereocenters. The maximum atomic E-state index is 6.26. The second-order valence-electron chi connectivity index (χ2n) is 4.88. The highest BCUT2D eigenvalue weighted by Gasteiger charge is 2.21. The molecule has 0 radical (unpaired) electrons. The zero-order valence-corrected chi connectivity index (χ0v) is 13.5. The number of anilines is 2. The van der Waals surface area contributed by atoms with Crippen LogP contribution in [0.5, 0.6) is 0 Å². The maximum Gasteiger partial charge on any atom is 0.147 e. The van der Waals surface area contributed by atoms with Gasteiger partial charge >= 0.3 is 0 Å². The first kappa shape index (κ1) is 14.8. The molecule has 0 amide bonds. The zero-order valence-electron chi connectivity index (χ0n) is 11.3. The largest absolute Gasteiger partial charge is 0.367 e. The van der Waals surface area contributed by atoms with Crippen molar-refractivity contribution < 1.29 is 0 Å². The molecular formula is C15H14Cl3N3. The van der Waals surface area contributed by atoms with Crippen LogP contribution in [0.2, 0.25) is 15.1 Å². The summed E-state index contributed by atoms with van der Waals surface area (Å²) in [6, 6.07) is 9.25. The molecule has 0 N–H and O–H groups in total. The lowest BCUT2D eigenvalue weighted by Gasteiger charge is -2.37. The van der Waals surface area contributed by atoms with Crippen LogP contribution in [0, 0.1) is 0 Å². The van der Waals surface area contributed by atoms with E-state index in [1.54, 1.807) is 12.3 Å². The van der Waals surface area contributed by atoms with E-state index in [2.05, 4.69) is 14.8 Å². The lowest BCUT2D eigenvalue weighted by atomic mass is 10.2. The first-order chi connectivity index (χ1) is 10.1. The van der Waals surface area contributed by atoms with E-state index in [0.29, 0.717) is 10.0 Å². The van der Waals surface area contributed by atoms with E-state index < -0.39 is 0 Å². The summed E-state index contributed by atoms with van der Waals surface area (Å²) in [6.07, 6.45) is 1.77. The normalized spacial score (nSPS) is 15.4. The summed E-state index contributed by atoms with van der Waals surface area (Å²) >= 11 is 18.5. The molecule has 3 nitrogen and oxygen atoms in total. The minimum Gasteiger partial charge on any atom is -0.367 e. The van der Waals surface area contributed by atoms with E-state index in [1.807, 2.05) is 24.3 Å². The minimum absolute atomic E-state index is 0.687. The Morgan fingerprint density at radius 3 is 2.29 bits per heavy atom. The summed E-state index contributed by atoms with van der Waals surface area (Å²) < 4.78 is 0. The smallest absolute Gasteiger partial charge is 0.147 e. The lowest BCUT2D eigenvalue weighted by molar-refractivity contribution is 0.647. The number of rotatable bonds is 2. The molecular weight excluding hydrogens is 329 g/mol. The van der Waals surface area contributed by atoms with Gasteiger partial charge in [0.05, 0.1) is 15.7 Å². The molecule has 1 aromatic heterocycles. The van der Waals surface area contributed by atoms with E-state index in [-0.39, 0.29) is 0 Å². The van der Waals surface area contributed by atoms with E-state index in [9.17, 15) is 0 Å². The quantitative estimate of drug-likeness (QED) is 0.808. The molecule has 0 bridgehead atoms. The molecule has 0 aliphatic carbocycles. The number of pyridine rings is 1. The van der Waals surface area contributed by atoms with Crippen LogP contribution in [0.3, 0.4) is 0 Å². The number of piperazine rings is 1. The summed E-state index contributed by atoms with van der Waals surface area (Å²) in [4.78, 5) is 8.79. The van der Waals surface area contributed by atoms with Crippen molar-refractivity contribution in [3.8, 4) is 0 Å². The van der Waals surface area contributed by atoms with E-state index >= 15 is 0 Å². The van der Waals surface area contributed by atoms with Crippen molar-refractivity contribution >= 4 is 46.3 Å². The number of hydrogen-bond acceptors (Lipinski definition) is 3. The molecule has 3 rings (SSSR count). The van der Waals surface area contributed by atoms with Gasteiger partial charge in [-0.05, 0) is 30.3 Å². The van der Waals surface area contributed by atoms with Crippen LogP contribution < -0.4 is 9.80 Å². The Kier molecular flexibility index (Phi) is 4.43. The first-order valence-corrected chi connectivity index (χ1v) is 7.84. The fraction of sp³-hybridized carbons (Fsp3) is 0.267. The van der Waals surface area contributed by atoms with Gasteiger partial charge in [0.2, 0.25) is 0 Å². The van der Waals surface area contributed by atoms with Crippen molar-refractivity contribution in [3.63, 3.8) is 0 Å². The van der Waals surface area contributed by atoms with Crippen LogP contribution in [-0.2, 0) is 0 Å². The molecule has 0 spiro atoms. The molecule has 2 aromatic rings. The standard InChI is InChI=1S/C15H14Cl3N3/c16-11-3-4-12(17)14(10-11)20-6-8-21(9-7-20)15-13(18)2-1-5-19-15/h1-5,10H,6-9H2. The second kappa shape index (κ2) is 6.30. The van der Waals surface area contributed by atoms with Crippen molar-refractivity contribution in [2.45, 2.75) is 0 Å². The summed E-state index contributed by atoms with van der Waals surface area (Å²) in [5, 5.41) is 2.11. The number of hydrogen-bond donors (Lipinski definition) is 0. The summed E-state index contributed by atoms with van der Waals surface area (Å²) in [7, 11) is 0. The summed E-state index contributed by atoms with van der Waals surface area (Å²) in [5.41, 5.74) is 0.982. The van der Waals surface area contributed by atoms with Crippen LogP contribution in [0.25, 0.3) is 0 Å². The molecule has 0 saturated carbocycles. The molecule has 21 heavy (non-hydrogen) atoms. The van der Waals surface area contributed by atoms with Crippen LogP contribution in [0.4, 0.5) is 11.5 Å². The molecule has 110 valence electrons. The predicted molar refractivity (Wildman–Crippen MR) is 90.1 cm³/mol. The zero-order chi connectivity index (χ0) is 14.8. The summed E-state index contributed by atoms with van der Waals surface area (Å²) in [5.74, 6) is 0.844. The van der Waals surface area contributed by atoms with Gasteiger partial charge in [-0.2, -0.15) is 0 Å². The van der Waals surface area contributed by atoms with Gasteiger partial charge in [-0.15, -0.1) is 0 Å². The molecule has 1 saturated heterocycles. The molecule has 0 atom stereocenters. The average Bonchev–Trinajstić information content (AvgIpc) is 2.50. The van der Waals surface area contributed by atoms with Gasteiger partial charge in [0.15, 0.2) is 0 Å². The molecule has 2 heterocycles. The van der Waals surface area contributed by atoms with Gasteiger partial charge in [-0.1, -0.05) is 34.8 Å². The third-order valence-electron chi connectivity index (χ3n) is 3.57. The monoisotopic (exact) mass is 341 g/mol. The van der Waals surface area contributed by atoms with Gasteiger partial charge in [0.1, 0.15) is 5.82 Å². The molecule has 1 aliphatic heterocycles. The third-order valence-corrected chi connectivity index (χ3v) is 4.42. The van der Waals surface area contributed by atoms with E-state index in [1.165, 1.54) is 0 Å². The Morgan fingerprint density at radius 1 is 0.857 bits per heavy atom. The average molecular weight is 343 g/mol. The predicted octanol–water partition coefficient (Wildman–Crippen LogP) is 4.37. The van der Waals surface area contributed by atoms with Gasteiger partial charge in [-0.25, -0.2) is 4.98 Å². The van der Waals surface area contributed by atoms with Crippen LogP contribution in [-0.4, -0.2) is 31.2 Å². The number of benzene rings is 1. The minimum atomic E-state index is 0.687. The molecule has 1 fully saturated rings. The van der Waals surface area contributed by atoms with E-state index in [0.717, 1.165) is 42.7 Å². The summed E-state index contributed by atoms with van der Waals surface area (Å²) in [6.45, 7) is 3.40. The fourth-order valence-electron chi connectivity index (χ4n) is 2.50. The highest BCUT2D eigenvalue weighted by Crippen LogP contribution is 2.31. The number of nitrogens with zero attached hydrogens (tertiary/aromatic N) is 3. The maximum absolute atomic E-state index is 6.26. The Bertz CT molecular complexity index is 640. The third kappa shape index (κ3) is 3.20. The Hall–Kier alpha value is -1.16. The Morgan fingerprint density at radius 2 is 1.57 bits per heavy atom.